The maximum atomic E-state index is 13.3. The number of sulfonamides is 1. The van der Waals surface area contributed by atoms with E-state index in [-0.39, 0.29) is 11.2 Å². The molecule has 3 rings (SSSR count). The highest BCUT2D eigenvalue weighted by molar-refractivity contribution is 7.88. The minimum atomic E-state index is -3.66. The first-order chi connectivity index (χ1) is 15.0. The van der Waals surface area contributed by atoms with Gasteiger partial charge in [-0.3, -0.25) is 0 Å². The smallest absolute Gasteiger partial charge is 0.216 e. The van der Waals surface area contributed by atoms with Gasteiger partial charge in [-0.2, -0.15) is 0 Å². The highest BCUT2D eigenvalue weighted by Gasteiger charge is 2.27. The maximum absolute atomic E-state index is 13.3. The number of rotatable bonds is 7. The van der Waals surface area contributed by atoms with Crippen LogP contribution in [0.3, 0.4) is 0 Å². The van der Waals surface area contributed by atoms with Crippen molar-refractivity contribution in [3.8, 4) is 0 Å². The lowest BCUT2D eigenvalue weighted by Gasteiger charge is -2.27. The lowest BCUT2D eigenvalue weighted by atomic mass is 9.84. The molecular formula is C27H34N2O2S. The zero-order valence-electron chi connectivity index (χ0n) is 19.6. The molecule has 0 saturated heterocycles. The molecule has 3 aromatic rings. The summed E-state index contributed by atoms with van der Waals surface area (Å²) in [6, 6.07) is 22.2. The SMILES string of the molecule is Cc1cc(C(C)(C)C)cc(C)c1CS(=O)(=O)NC(c1ccccc1)C(N)c1ccccc1. The number of hydrogen-bond acceptors (Lipinski definition) is 3. The first-order valence-electron chi connectivity index (χ1n) is 10.9. The van der Waals surface area contributed by atoms with Gasteiger partial charge in [0.1, 0.15) is 0 Å². The highest BCUT2D eigenvalue weighted by atomic mass is 32.2. The summed E-state index contributed by atoms with van der Waals surface area (Å²) in [5, 5.41) is 0. The van der Waals surface area contributed by atoms with E-state index in [0.717, 1.165) is 27.8 Å². The van der Waals surface area contributed by atoms with E-state index < -0.39 is 22.1 Å². The van der Waals surface area contributed by atoms with Gasteiger partial charge in [0.05, 0.1) is 17.8 Å². The molecule has 4 nitrogen and oxygen atoms in total. The van der Waals surface area contributed by atoms with Gasteiger partial charge in [0.2, 0.25) is 10.0 Å². The molecule has 170 valence electrons. The monoisotopic (exact) mass is 450 g/mol. The van der Waals surface area contributed by atoms with Crippen LogP contribution in [0.2, 0.25) is 0 Å². The molecule has 0 aliphatic heterocycles. The van der Waals surface area contributed by atoms with Crippen molar-refractivity contribution < 1.29 is 8.42 Å². The standard InChI is InChI=1S/C27H34N2O2S/c1-19-16-23(27(3,4)5)17-20(2)24(19)18-32(30,31)29-26(22-14-10-7-11-15-22)25(28)21-12-8-6-9-13-21/h6-17,25-26,29H,18,28H2,1-5H3. The summed E-state index contributed by atoms with van der Waals surface area (Å²) in [6.45, 7) is 10.5. The zero-order chi connectivity index (χ0) is 23.5. The fourth-order valence-electron chi connectivity index (χ4n) is 3.96. The molecule has 0 saturated carbocycles. The van der Waals surface area contributed by atoms with Gasteiger partial charge in [0, 0.05) is 0 Å². The Hall–Kier alpha value is -2.47. The van der Waals surface area contributed by atoms with Crippen molar-refractivity contribution in [1.82, 2.24) is 4.72 Å². The first kappa shape index (κ1) is 24.2. The van der Waals surface area contributed by atoms with Crippen molar-refractivity contribution in [3.63, 3.8) is 0 Å². The topological polar surface area (TPSA) is 72.2 Å². The van der Waals surface area contributed by atoms with Crippen molar-refractivity contribution in [2.24, 2.45) is 5.73 Å². The average molecular weight is 451 g/mol. The highest BCUT2D eigenvalue weighted by Crippen LogP contribution is 2.30. The Kier molecular flexibility index (Phi) is 7.23. The van der Waals surface area contributed by atoms with E-state index in [0.29, 0.717) is 0 Å². The molecule has 0 aliphatic rings. The van der Waals surface area contributed by atoms with Gasteiger partial charge in [-0.05, 0) is 52.6 Å². The normalized spacial score (nSPS) is 14.2. The van der Waals surface area contributed by atoms with Crippen LogP contribution in [-0.4, -0.2) is 8.42 Å². The van der Waals surface area contributed by atoms with E-state index in [2.05, 4.69) is 37.6 Å². The van der Waals surface area contributed by atoms with Crippen LogP contribution in [0.25, 0.3) is 0 Å². The van der Waals surface area contributed by atoms with Gasteiger partial charge in [-0.15, -0.1) is 0 Å². The largest absolute Gasteiger partial charge is 0.322 e. The molecule has 0 spiro atoms. The minimum Gasteiger partial charge on any atom is -0.322 e. The van der Waals surface area contributed by atoms with E-state index in [9.17, 15) is 8.42 Å². The van der Waals surface area contributed by atoms with Crippen molar-refractivity contribution in [2.75, 3.05) is 0 Å². The Balaban J connectivity index is 1.93. The molecule has 3 aromatic carbocycles. The van der Waals surface area contributed by atoms with E-state index in [4.69, 9.17) is 5.73 Å². The van der Waals surface area contributed by atoms with Gasteiger partial charge in [-0.25, -0.2) is 13.1 Å². The Morgan fingerprint density at radius 3 is 1.78 bits per heavy atom. The molecule has 0 heterocycles. The predicted molar refractivity (Wildman–Crippen MR) is 133 cm³/mol. The Morgan fingerprint density at radius 1 is 0.844 bits per heavy atom. The van der Waals surface area contributed by atoms with Gasteiger partial charge in [0.15, 0.2) is 0 Å². The van der Waals surface area contributed by atoms with Crippen LogP contribution in [0.4, 0.5) is 0 Å². The Labute approximate surface area is 192 Å². The minimum absolute atomic E-state index is 0.00599. The molecule has 0 fully saturated rings. The lowest BCUT2D eigenvalue weighted by molar-refractivity contribution is 0.503. The summed E-state index contributed by atoms with van der Waals surface area (Å²) < 4.78 is 29.6. The van der Waals surface area contributed by atoms with Gasteiger partial charge in [0.25, 0.3) is 0 Å². The fourth-order valence-corrected chi connectivity index (χ4v) is 5.54. The van der Waals surface area contributed by atoms with E-state index >= 15 is 0 Å². The van der Waals surface area contributed by atoms with Crippen molar-refractivity contribution in [2.45, 2.75) is 57.9 Å². The van der Waals surface area contributed by atoms with Crippen LogP contribution in [0, 0.1) is 13.8 Å². The number of hydrogen-bond donors (Lipinski definition) is 2. The molecule has 0 aliphatic carbocycles. The summed E-state index contributed by atoms with van der Waals surface area (Å²) in [6.07, 6.45) is 0. The molecule has 5 heteroatoms. The molecule has 32 heavy (non-hydrogen) atoms. The Morgan fingerprint density at radius 2 is 1.31 bits per heavy atom. The van der Waals surface area contributed by atoms with Crippen LogP contribution in [0.1, 0.15) is 66.2 Å². The predicted octanol–water partition coefficient (Wildman–Crippen LogP) is 5.46. The molecular weight excluding hydrogens is 416 g/mol. The third-order valence-electron chi connectivity index (χ3n) is 5.91. The van der Waals surface area contributed by atoms with Crippen molar-refractivity contribution >= 4 is 10.0 Å². The van der Waals surface area contributed by atoms with Crippen LogP contribution < -0.4 is 10.5 Å². The van der Waals surface area contributed by atoms with E-state index in [1.165, 1.54) is 5.56 Å². The maximum Gasteiger partial charge on any atom is 0.216 e. The second-order valence-electron chi connectivity index (χ2n) is 9.54. The molecule has 0 amide bonds. The van der Waals surface area contributed by atoms with Crippen LogP contribution in [0.5, 0.6) is 0 Å². The number of nitrogens with one attached hydrogen (secondary N) is 1. The van der Waals surface area contributed by atoms with Crippen LogP contribution >= 0.6 is 0 Å². The number of nitrogens with two attached hydrogens (primary N) is 1. The zero-order valence-corrected chi connectivity index (χ0v) is 20.4. The summed E-state index contributed by atoms with van der Waals surface area (Å²) in [5.41, 5.74) is 12.3. The second-order valence-corrected chi connectivity index (χ2v) is 11.3. The molecule has 2 unspecified atom stereocenters. The number of aryl methyl sites for hydroxylation is 2. The number of benzene rings is 3. The van der Waals surface area contributed by atoms with Gasteiger partial charge < -0.3 is 5.73 Å². The molecule has 2 atom stereocenters. The second kappa shape index (κ2) is 9.57. The average Bonchev–Trinajstić information content (AvgIpc) is 2.74. The van der Waals surface area contributed by atoms with Crippen LogP contribution in [0.15, 0.2) is 72.8 Å². The molecule has 0 radical (unpaired) electrons. The van der Waals surface area contributed by atoms with Crippen molar-refractivity contribution in [1.29, 1.82) is 0 Å². The summed E-state index contributed by atoms with van der Waals surface area (Å²) in [4.78, 5) is 0. The summed E-state index contributed by atoms with van der Waals surface area (Å²) in [7, 11) is -3.66. The Bertz CT molecular complexity index is 1130. The van der Waals surface area contributed by atoms with Crippen molar-refractivity contribution in [3.05, 3.63) is 106 Å². The first-order valence-corrected chi connectivity index (χ1v) is 12.6. The third-order valence-corrected chi connectivity index (χ3v) is 7.19. The quantitative estimate of drug-likeness (QED) is 0.502. The van der Waals surface area contributed by atoms with Crippen LogP contribution in [-0.2, 0) is 21.2 Å². The van der Waals surface area contributed by atoms with E-state index in [1.807, 2.05) is 74.5 Å². The fraction of sp³-hybridized carbons (Fsp3) is 0.333. The van der Waals surface area contributed by atoms with Gasteiger partial charge >= 0.3 is 0 Å². The third kappa shape index (κ3) is 5.85. The summed E-state index contributed by atoms with van der Waals surface area (Å²) in [5.74, 6) is -0.0834. The van der Waals surface area contributed by atoms with Gasteiger partial charge in [-0.1, -0.05) is 93.6 Å². The molecule has 3 N–H and O–H groups in total. The lowest BCUT2D eigenvalue weighted by Crippen LogP contribution is -2.36. The molecule has 0 aromatic heterocycles. The summed E-state index contributed by atoms with van der Waals surface area (Å²) >= 11 is 0. The molecule has 0 bridgehead atoms. The van der Waals surface area contributed by atoms with E-state index in [1.54, 1.807) is 0 Å².